The highest BCUT2D eigenvalue weighted by Crippen LogP contribution is 2.32. The number of ether oxygens (including phenoxy) is 3. The van der Waals surface area contributed by atoms with Gasteiger partial charge in [-0.1, -0.05) is 0 Å². The lowest BCUT2D eigenvalue weighted by Gasteiger charge is -2.35. The molecule has 3 rings (SSSR count). The summed E-state index contributed by atoms with van der Waals surface area (Å²) in [6, 6.07) is 5.85. The average Bonchev–Trinajstić information content (AvgIpc) is 2.66. The third-order valence-corrected chi connectivity index (χ3v) is 5.36. The van der Waals surface area contributed by atoms with E-state index in [9.17, 15) is 4.79 Å². The maximum absolute atomic E-state index is 12.9. The summed E-state index contributed by atoms with van der Waals surface area (Å²) in [5.41, 5.74) is 1.38. The fraction of sp³-hybridized carbons (Fsp3) is 0.650. The highest BCUT2D eigenvalue weighted by Gasteiger charge is 2.39. The second-order valence-corrected chi connectivity index (χ2v) is 7.33. The average molecular weight is 362 g/mol. The number of benzene rings is 1. The lowest BCUT2D eigenvalue weighted by atomic mass is 9.78. The van der Waals surface area contributed by atoms with E-state index in [4.69, 9.17) is 14.2 Å². The van der Waals surface area contributed by atoms with Gasteiger partial charge in [0.05, 0.1) is 25.2 Å². The van der Waals surface area contributed by atoms with Gasteiger partial charge in [0, 0.05) is 25.6 Å². The van der Waals surface area contributed by atoms with Crippen LogP contribution >= 0.6 is 0 Å². The van der Waals surface area contributed by atoms with Crippen LogP contribution in [0.1, 0.15) is 31.2 Å². The van der Waals surface area contributed by atoms with Crippen LogP contribution in [0, 0.1) is 12.3 Å². The molecule has 1 aromatic carbocycles. The van der Waals surface area contributed by atoms with E-state index in [-0.39, 0.29) is 12.0 Å². The predicted molar refractivity (Wildman–Crippen MR) is 101 cm³/mol. The zero-order valence-electron chi connectivity index (χ0n) is 15.8. The van der Waals surface area contributed by atoms with Crippen molar-refractivity contribution in [2.24, 2.45) is 5.41 Å². The number of piperidine rings is 1. The number of nitrogens with one attached hydrogen (secondary N) is 2. The van der Waals surface area contributed by atoms with Gasteiger partial charge in [0.15, 0.2) is 0 Å². The van der Waals surface area contributed by atoms with Crippen molar-refractivity contribution in [3.63, 3.8) is 0 Å². The third-order valence-electron chi connectivity index (χ3n) is 5.36. The molecule has 2 heterocycles. The SMILES string of the molecule is COCC1(C(=O)Nc2ccc(OC3CCOCC3)c(C)c2)CCNCC1. The fourth-order valence-corrected chi connectivity index (χ4v) is 3.72. The zero-order chi connectivity index (χ0) is 18.4. The van der Waals surface area contributed by atoms with Gasteiger partial charge < -0.3 is 24.8 Å². The van der Waals surface area contributed by atoms with E-state index in [1.165, 1.54) is 0 Å². The molecule has 2 N–H and O–H groups in total. The summed E-state index contributed by atoms with van der Waals surface area (Å²) in [4.78, 5) is 12.9. The molecule has 6 nitrogen and oxygen atoms in total. The molecular formula is C20H30N2O4. The van der Waals surface area contributed by atoms with Crippen LogP contribution in [0.4, 0.5) is 5.69 Å². The maximum atomic E-state index is 12.9. The molecule has 0 saturated carbocycles. The van der Waals surface area contributed by atoms with E-state index in [0.29, 0.717) is 6.61 Å². The molecule has 0 radical (unpaired) electrons. The highest BCUT2D eigenvalue weighted by molar-refractivity contribution is 5.95. The summed E-state index contributed by atoms with van der Waals surface area (Å²) >= 11 is 0. The van der Waals surface area contributed by atoms with Crippen LogP contribution in [0.3, 0.4) is 0 Å². The van der Waals surface area contributed by atoms with Crippen LogP contribution in [0.15, 0.2) is 18.2 Å². The van der Waals surface area contributed by atoms with E-state index in [0.717, 1.165) is 69.0 Å². The van der Waals surface area contributed by atoms with Gasteiger partial charge in [0.1, 0.15) is 11.9 Å². The van der Waals surface area contributed by atoms with Gasteiger partial charge in [-0.25, -0.2) is 0 Å². The minimum Gasteiger partial charge on any atom is -0.490 e. The Morgan fingerprint density at radius 1 is 1.31 bits per heavy atom. The van der Waals surface area contributed by atoms with E-state index >= 15 is 0 Å². The van der Waals surface area contributed by atoms with Crippen molar-refractivity contribution in [2.45, 2.75) is 38.7 Å². The third kappa shape index (κ3) is 4.55. The minimum atomic E-state index is -0.453. The normalized spacial score (nSPS) is 20.5. The molecule has 0 aliphatic carbocycles. The Hall–Kier alpha value is -1.63. The van der Waals surface area contributed by atoms with Crippen LogP contribution in [-0.2, 0) is 14.3 Å². The van der Waals surface area contributed by atoms with Gasteiger partial charge in [-0.2, -0.15) is 0 Å². The zero-order valence-corrected chi connectivity index (χ0v) is 15.8. The first kappa shape index (κ1) is 19.1. The van der Waals surface area contributed by atoms with Crippen LogP contribution in [0.25, 0.3) is 0 Å². The van der Waals surface area contributed by atoms with Gasteiger partial charge >= 0.3 is 0 Å². The van der Waals surface area contributed by atoms with Crippen molar-refractivity contribution in [2.75, 3.05) is 45.3 Å². The second kappa shape index (κ2) is 8.84. The van der Waals surface area contributed by atoms with Crippen LogP contribution < -0.4 is 15.4 Å². The van der Waals surface area contributed by atoms with Crippen molar-refractivity contribution in [3.05, 3.63) is 23.8 Å². The topological polar surface area (TPSA) is 68.8 Å². The van der Waals surface area contributed by atoms with Gasteiger partial charge in [0.2, 0.25) is 5.91 Å². The number of hydrogen-bond acceptors (Lipinski definition) is 5. The number of carbonyl (C=O) groups is 1. The molecule has 2 aliphatic rings. The molecule has 0 atom stereocenters. The molecule has 0 aromatic heterocycles. The molecule has 0 spiro atoms. The van der Waals surface area contributed by atoms with E-state index in [1.54, 1.807) is 7.11 Å². The summed E-state index contributed by atoms with van der Waals surface area (Å²) in [5, 5.41) is 6.40. The molecule has 144 valence electrons. The van der Waals surface area contributed by atoms with Gasteiger partial charge in [-0.15, -0.1) is 0 Å². The monoisotopic (exact) mass is 362 g/mol. The van der Waals surface area contributed by atoms with Crippen molar-refractivity contribution in [3.8, 4) is 5.75 Å². The summed E-state index contributed by atoms with van der Waals surface area (Å²) in [7, 11) is 1.66. The Labute approximate surface area is 155 Å². The number of hydrogen-bond donors (Lipinski definition) is 2. The summed E-state index contributed by atoms with van der Waals surface area (Å²) in [5.74, 6) is 0.918. The number of anilines is 1. The fourth-order valence-electron chi connectivity index (χ4n) is 3.72. The number of carbonyl (C=O) groups excluding carboxylic acids is 1. The van der Waals surface area contributed by atoms with Crippen LogP contribution in [-0.4, -0.2) is 52.0 Å². The predicted octanol–water partition coefficient (Wildman–Crippen LogP) is 2.51. The molecule has 1 aromatic rings. The lowest BCUT2D eigenvalue weighted by Crippen LogP contribution is -2.47. The number of amides is 1. The molecule has 2 fully saturated rings. The molecule has 6 heteroatoms. The Kier molecular flexibility index (Phi) is 6.51. The first-order valence-electron chi connectivity index (χ1n) is 9.49. The molecule has 1 amide bonds. The number of aryl methyl sites for hydroxylation is 1. The maximum Gasteiger partial charge on any atom is 0.233 e. The molecular weight excluding hydrogens is 332 g/mol. The molecule has 0 bridgehead atoms. The largest absolute Gasteiger partial charge is 0.490 e. The minimum absolute atomic E-state index is 0.0401. The standard InChI is InChI=1S/C20H30N2O4/c1-15-13-16(3-4-18(15)26-17-5-11-25-12-6-17)22-19(23)20(14-24-2)7-9-21-10-8-20/h3-4,13,17,21H,5-12,14H2,1-2H3,(H,22,23). The molecule has 2 saturated heterocycles. The van der Waals surface area contributed by atoms with Gasteiger partial charge in [-0.3, -0.25) is 4.79 Å². The van der Waals surface area contributed by atoms with Crippen LogP contribution in [0.2, 0.25) is 0 Å². The van der Waals surface area contributed by atoms with Crippen molar-refractivity contribution in [1.29, 1.82) is 0 Å². The van der Waals surface area contributed by atoms with E-state index in [2.05, 4.69) is 10.6 Å². The Morgan fingerprint density at radius 3 is 2.69 bits per heavy atom. The van der Waals surface area contributed by atoms with E-state index < -0.39 is 5.41 Å². The van der Waals surface area contributed by atoms with Crippen LogP contribution in [0.5, 0.6) is 5.75 Å². The molecule has 26 heavy (non-hydrogen) atoms. The quantitative estimate of drug-likeness (QED) is 0.814. The lowest BCUT2D eigenvalue weighted by molar-refractivity contribution is -0.130. The van der Waals surface area contributed by atoms with Crippen molar-refractivity contribution < 1.29 is 19.0 Å². The summed E-state index contributed by atoms with van der Waals surface area (Å²) in [6.45, 7) is 5.66. The smallest absolute Gasteiger partial charge is 0.233 e. The Balaban J connectivity index is 1.65. The molecule has 0 unspecified atom stereocenters. The summed E-state index contributed by atoms with van der Waals surface area (Å²) in [6.07, 6.45) is 3.63. The van der Waals surface area contributed by atoms with Gasteiger partial charge in [-0.05, 0) is 56.6 Å². The highest BCUT2D eigenvalue weighted by atomic mass is 16.5. The van der Waals surface area contributed by atoms with Crippen molar-refractivity contribution >= 4 is 11.6 Å². The van der Waals surface area contributed by atoms with Gasteiger partial charge in [0.25, 0.3) is 0 Å². The summed E-state index contributed by atoms with van der Waals surface area (Å²) < 4.78 is 16.8. The first-order chi connectivity index (χ1) is 12.6. The number of methoxy groups -OCH3 is 1. The Bertz CT molecular complexity index is 602. The molecule has 2 aliphatic heterocycles. The number of rotatable bonds is 6. The first-order valence-corrected chi connectivity index (χ1v) is 9.49. The van der Waals surface area contributed by atoms with E-state index in [1.807, 2.05) is 25.1 Å². The second-order valence-electron chi connectivity index (χ2n) is 7.33. The van der Waals surface area contributed by atoms with Crippen molar-refractivity contribution in [1.82, 2.24) is 5.32 Å². The Morgan fingerprint density at radius 2 is 2.04 bits per heavy atom.